The maximum Gasteiger partial charge on any atom is 0.0950 e. The normalized spacial score (nSPS) is 17.9. The first-order valence-electron chi connectivity index (χ1n) is 4.19. The van der Waals surface area contributed by atoms with Gasteiger partial charge in [-0.1, -0.05) is 43.0 Å². The van der Waals surface area contributed by atoms with Gasteiger partial charge in [-0.15, -0.1) is 0 Å². The first-order valence-corrected chi connectivity index (χ1v) is 4.19. The van der Waals surface area contributed by atoms with Crippen molar-refractivity contribution < 1.29 is 0 Å². The molecular formula is C12H9N. The highest BCUT2D eigenvalue weighted by Crippen LogP contribution is 2.33. The van der Waals surface area contributed by atoms with E-state index in [0.29, 0.717) is 5.57 Å². The third-order valence-electron chi connectivity index (χ3n) is 2.32. The first kappa shape index (κ1) is 7.82. The first-order chi connectivity index (χ1) is 6.33. The summed E-state index contributed by atoms with van der Waals surface area (Å²) in [6, 6.07) is 10.2. The molecule has 1 aromatic rings. The van der Waals surface area contributed by atoms with E-state index < -0.39 is 0 Å². The highest BCUT2D eigenvalue weighted by molar-refractivity contribution is 5.65. The van der Waals surface area contributed by atoms with Crippen molar-refractivity contribution in [1.29, 1.82) is 5.26 Å². The summed E-state index contributed by atoms with van der Waals surface area (Å²) in [4.78, 5) is 0. The monoisotopic (exact) mass is 167 g/mol. The van der Waals surface area contributed by atoms with Gasteiger partial charge >= 0.3 is 0 Å². The molecule has 1 aromatic carbocycles. The summed E-state index contributed by atoms with van der Waals surface area (Å²) >= 11 is 0. The van der Waals surface area contributed by atoms with Crippen molar-refractivity contribution in [3.63, 3.8) is 0 Å². The van der Waals surface area contributed by atoms with Crippen LogP contribution in [0.5, 0.6) is 0 Å². The molecule has 1 atom stereocenters. The number of rotatable bonds is 1. The van der Waals surface area contributed by atoms with Gasteiger partial charge in [0, 0.05) is 11.5 Å². The summed E-state index contributed by atoms with van der Waals surface area (Å²) in [5, 5.41) is 8.74. The number of hydrogen-bond acceptors (Lipinski definition) is 1. The zero-order chi connectivity index (χ0) is 9.26. The van der Waals surface area contributed by atoms with Crippen LogP contribution in [0.15, 0.2) is 42.5 Å². The molecule has 1 aliphatic rings. The van der Waals surface area contributed by atoms with Gasteiger partial charge in [0.25, 0.3) is 0 Å². The van der Waals surface area contributed by atoms with E-state index in [1.165, 1.54) is 11.1 Å². The molecule has 0 heterocycles. The van der Waals surface area contributed by atoms with E-state index in [1.54, 1.807) is 0 Å². The SMILES string of the molecule is C=C(C#N)C1C=Cc2ccccc21. The van der Waals surface area contributed by atoms with E-state index in [-0.39, 0.29) is 5.92 Å². The molecule has 0 aliphatic heterocycles. The molecule has 0 fully saturated rings. The van der Waals surface area contributed by atoms with Crippen LogP contribution >= 0.6 is 0 Å². The number of nitrogens with zero attached hydrogens (tertiary/aromatic N) is 1. The second-order valence-corrected chi connectivity index (χ2v) is 3.10. The van der Waals surface area contributed by atoms with Gasteiger partial charge in [-0.2, -0.15) is 5.26 Å². The summed E-state index contributed by atoms with van der Waals surface area (Å²) in [6.07, 6.45) is 4.07. The third-order valence-corrected chi connectivity index (χ3v) is 2.32. The lowest BCUT2D eigenvalue weighted by Crippen LogP contribution is -1.94. The molecule has 1 nitrogen and oxygen atoms in total. The smallest absolute Gasteiger partial charge is 0.0950 e. The number of fused-ring (bicyclic) bond motifs is 1. The minimum Gasteiger partial charge on any atom is -0.193 e. The number of allylic oxidation sites excluding steroid dienone is 2. The molecule has 0 spiro atoms. The van der Waals surface area contributed by atoms with Crippen LogP contribution in [-0.2, 0) is 0 Å². The van der Waals surface area contributed by atoms with Crippen molar-refractivity contribution in [2.75, 3.05) is 0 Å². The molecule has 62 valence electrons. The molecular weight excluding hydrogens is 158 g/mol. The second kappa shape index (κ2) is 2.91. The molecule has 1 unspecified atom stereocenters. The Labute approximate surface area is 77.6 Å². The van der Waals surface area contributed by atoms with Crippen LogP contribution in [0.1, 0.15) is 17.0 Å². The lowest BCUT2D eigenvalue weighted by molar-refractivity contribution is 1.06. The van der Waals surface area contributed by atoms with Gasteiger partial charge in [0.05, 0.1) is 6.07 Å². The quantitative estimate of drug-likeness (QED) is 0.590. The van der Waals surface area contributed by atoms with Crippen LogP contribution < -0.4 is 0 Å². The highest BCUT2D eigenvalue weighted by Gasteiger charge is 2.18. The van der Waals surface area contributed by atoms with Gasteiger partial charge in [-0.05, 0) is 11.1 Å². The average Bonchev–Trinajstić information content (AvgIpc) is 2.60. The van der Waals surface area contributed by atoms with Gasteiger partial charge < -0.3 is 0 Å². The van der Waals surface area contributed by atoms with Crippen molar-refractivity contribution in [1.82, 2.24) is 0 Å². The Bertz CT molecular complexity index is 421. The van der Waals surface area contributed by atoms with Crippen molar-refractivity contribution in [2.24, 2.45) is 0 Å². The summed E-state index contributed by atoms with van der Waals surface area (Å²) in [7, 11) is 0. The molecule has 1 aliphatic carbocycles. The van der Waals surface area contributed by atoms with E-state index in [9.17, 15) is 0 Å². The molecule has 0 amide bonds. The summed E-state index contributed by atoms with van der Waals surface area (Å²) in [5.41, 5.74) is 3.00. The van der Waals surface area contributed by atoms with Crippen LogP contribution in [0.4, 0.5) is 0 Å². The molecule has 13 heavy (non-hydrogen) atoms. The molecule has 1 heteroatoms. The average molecular weight is 167 g/mol. The second-order valence-electron chi connectivity index (χ2n) is 3.10. The summed E-state index contributed by atoms with van der Waals surface area (Å²) in [5.74, 6) is 0.0983. The predicted octanol–water partition coefficient (Wildman–Crippen LogP) is 2.88. The maximum atomic E-state index is 8.74. The van der Waals surface area contributed by atoms with Gasteiger partial charge in [0.1, 0.15) is 0 Å². The van der Waals surface area contributed by atoms with E-state index in [2.05, 4.69) is 18.7 Å². The van der Waals surface area contributed by atoms with E-state index >= 15 is 0 Å². The highest BCUT2D eigenvalue weighted by atomic mass is 14.3. The molecule has 0 saturated carbocycles. The zero-order valence-electron chi connectivity index (χ0n) is 7.20. The van der Waals surface area contributed by atoms with Crippen molar-refractivity contribution >= 4 is 6.08 Å². The Morgan fingerprint density at radius 2 is 2.15 bits per heavy atom. The number of nitriles is 1. The fourth-order valence-corrected chi connectivity index (χ4v) is 1.62. The van der Waals surface area contributed by atoms with Crippen LogP contribution in [0, 0.1) is 11.3 Å². The van der Waals surface area contributed by atoms with Crippen LogP contribution in [-0.4, -0.2) is 0 Å². The standard InChI is InChI=1S/C12H9N/c1-9(8-13)11-7-6-10-4-2-3-5-12(10)11/h2-7,11H,1H2. The van der Waals surface area contributed by atoms with Crippen molar-refractivity contribution in [3.8, 4) is 6.07 Å². The third kappa shape index (κ3) is 1.17. The minimum absolute atomic E-state index is 0.0983. The summed E-state index contributed by atoms with van der Waals surface area (Å²) < 4.78 is 0. The molecule has 0 aromatic heterocycles. The minimum atomic E-state index is 0.0983. The fraction of sp³-hybridized carbons (Fsp3) is 0.0833. The Morgan fingerprint density at radius 1 is 1.38 bits per heavy atom. The lowest BCUT2D eigenvalue weighted by Gasteiger charge is -2.07. The maximum absolute atomic E-state index is 8.74. The Balaban J connectivity index is 2.46. The van der Waals surface area contributed by atoms with Gasteiger partial charge in [-0.3, -0.25) is 0 Å². The molecule has 0 radical (unpaired) electrons. The molecule has 0 bridgehead atoms. The van der Waals surface area contributed by atoms with E-state index in [4.69, 9.17) is 5.26 Å². The van der Waals surface area contributed by atoms with Gasteiger partial charge in [-0.25, -0.2) is 0 Å². The number of benzene rings is 1. The zero-order valence-corrected chi connectivity index (χ0v) is 7.20. The Hall–Kier alpha value is -1.81. The Kier molecular flexibility index (Phi) is 1.75. The molecule has 2 rings (SSSR count). The summed E-state index contributed by atoms with van der Waals surface area (Å²) in [6.45, 7) is 3.74. The lowest BCUT2D eigenvalue weighted by atomic mass is 9.95. The van der Waals surface area contributed by atoms with Crippen LogP contribution in [0.25, 0.3) is 6.08 Å². The van der Waals surface area contributed by atoms with Crippen LogP contribution in [0.2, 0.25) is 0 Å². The van der Waals surface area contributed by atoms with Gasteiger partial charge in [0.2, 0.25) is 0 Å². The Morgan fingerprint density at radius 3 is 2.92 bits per heavy atom. The van der Waals surface area contributed by atoms with E-state index in [0.717, 1.165) is 0 Å². The number of hydrogen-bond donors (Lipinski definition) is 0. The van der Waals surface area contributed by atoms with Crippen LogP contribution in [0.3, 0.4) is 0 Å². The van der Waals surface area contributed by atoms with Gasteiger partial charge in [0.15, 0.2) is 0 Å². The predicted molar refractivity (Wildman–Crippen MR) is 53.0 cm³/mol. The topological polar surface area (TPSA) is 23.8 Å². The molecule has 0 N–H and O–H groups in total. The van der Waals surface area contributed by atoms with E-state index in [1.807, 2.05) is 30.4 Å². The largest absolute Gasteiger partial charge is 0.193 e. The van der Waals surface area contributed by atoms with Crippen molar-refractivity contribution in [2.45, 2.75) is 5.92 Å². The fourth-order valence-electron chi connectivity index (χ4n) is 1.62. The molecule has 0 saturated heterocycles. The van der Waals surface area contributed by atoms with Crippen molar-refractivity contribution in [3.05, 3.63) is 53.6 Å².